The van der Waals surface area contributed by atoms with Gasteiger partial charge in [-0.1, -0.05) is 19.1 Å². The van der Waals surface area contributed by atoms with Crippen molar-refractivity contribution in [2.24, 2.45) is 11.3 Å². The monoisotopic (exact) mass is 294 g/mol. The molecule has 1 aromatic carbocycles. The molecule has 2 heteroatoms. The number of benzene rings is 1. The highest BCUT2D eigenvalue weighted by Crippen LogP contribution is 2.55. The van der Waals surface area contributed by atoms with E-state index < -0.39 is 0 Å². The highest BCUT2D eigenvalue weighted by Gasteiger charge is 2.46. The third-order valence-corrected chi connectivity index (χ3v) is 5.85. The Morgan fingerprint density at radius 1 is 1.32 bits per heavy atom. The first-order chi connectivity index (χ1) is 10.5. The van der Waals surface area contributed by atoms with Crippen molar-refractivity contribution in [3.8, 4) is 5.75 Å². The summed E-state index contributed by atoms with van der Waals surface area (Å²) < 4.78 is 5.38. The first-order valence-electron chi connectivity index (χ1n) is 8.19. The number of ketones is 1. The SMILES string of the molecule is COc1ccc2c(c1)C[C@@H](C)C1=C2CC[C@@]2(C)C(=O)CC=C12. The van der Waals surface area contributed by atoms with Crippen molar-refractivity contribution in [3.05, 3.63) is 46.5 Å². The van der Waals surface area contributed by atoms with Gasteiger partial charge in [0.1, 0.15) is 11.5 Å². The Kier molecular flexibility index (Phi) is 2.87. The molecule has 0 N–H and O–H groups in total. The molecule has 0 radical (unpaired) electrons. The van der Waals surface area contributed by atoms with Gasteiger partial charge in [0.25, 0.3) is 0 Å². The lowest BCUT2D eigenvalue weighted by Gasteiger charge is -2.40. The number of hydrogen-bond acceptors (Lipinski definition) is 2. The Balaban J connectivity index is 1.89. The third kappa shape index (κ3) is 1.70. The van der Waals surface area contributed by atoms with Gasteiger partial charge in [-0.3, -0.25) is 4.79 Å². The molecule has 2 atom stereocenters. The molecule has 1 aromatic rings. The van der Waals surface area contributed by atoms with Gasteiger partial charge < -0.3 is 4.74 Å². The van der Waals surface area contributed by atoms with Crippen molar-refractivity contribution in [3.63, 3.8) is 0 Å². The molecule has 4 rings (SSSR count). The van der Waals surface area contributed by atoms with E-state index in [1.165, 1.54) is 27.8 Å². The first kappa shape index (κ1) is 13.8. The molecule has 3 aliphatic rings. The largest absolute Gasteiger partial charge is 0.497 e. The second-order valence-corrected chi connectivity index (χ2v) is 7.10. The molecule has 22 heavy (non-hydrogen) atoms. The molecule has 0 unspecified atom stereocenters. The summed E-state index contributed by atoms with van der Waals surface area (Å²) in [5.74, 6) is 1.82. The van der Waals surface area contributed by atoms with Gasteiger partial charge in [0, 0.05) is 6.42 Å². The molecule has 0 fully saturated rings. The zero-order valence-corrected chi connectivity index (χ0v) is 13.5. The molecule has 3 aliphatic carbocycles. The molecule has 114 valence electrons. The van der Waals surface area contributed by atoms with Crippen LogP contribution in [0.25, 0.3) is 5.57 Å². The van der Waals surface area contributed by atoms with Crippen LogP contribution in [0.2, 0.25) is 0 Å². The number of Topliss-reactive ketones (excluding diaryl/α,β-unsaturated/α-hetero) is 1. The molecule has 2 nitrogen and oxygen atoms in total. The van der Waals surface area contributed by atoms with Crippen LogP contribution in [0, 0.1) is 11.3 Å². The Bertz CT molecular complexity index is 738. The average molecular weight is 294 g/mol. The minimum absolute atomic E-state index is 0.225. The molecular weight excluding hydrogens is 272 g/mol. The normalized spacial score (nSPS) is 29.7. The topological polar surface area (TPSA) is 26.3 Å². The van der Waals surface area contributed by atoms with E-state index in [0.717, 1.165) is 25.0 Å². The second kappa shape index (κ2) is 4.58. The zero-order chi connectivity index (χ0) is 15.5. The number of carbonyl (C=O) groups is 1. The maximum atomic E-state index is 12.3. The van der Waals surface area contributed by atoms with Crippen LogP contribution in [-0.2, 0) is 11.2 Å². The third-order valence-electron chi connectivity index (χ3n) is 5.85. The van der Waals surface area contributed by atoms with Crippen molar-refractivity contribution in [1.29, 1.82) is 0 Å². The molecule has 0 bridgehead atoms. The van der Waals surface area contributed by atoms with Crippen LogP contribution in [0.4, 0.5) is 0 Å². The van der Waals surface area contributed by atoms with Crippen molar-refractivity contribution < 1.29 is 9.53 Å². The Morgan fingerprint density at radius 3 is 2.91 bits per heavy atom. The summed E-state index contributed by atoms with van der Waals surface area (Å²) >= 11 is 0. The number of carbonyl (C=O) groups excluding carboxylic acids is 1. The standard InChI is InChI=1S/C20H22O2/c1-12-10-13-11-14(22-3)4-5-15(13)16-8-9-20(2)17(19(12)16)6-7-18(20)21/h4-6,11-12H,7-10H2,1-3H3/t12-,20-/m1/s1. The van der Waals surface area contributed by atoms with Gasteiger partial charge in [-0.25, -0.2) is 0 Å². The fraction of sp³-hybridized carbons (Fsp3) is 0.450. The van der Waals surface area contributed by atoms with E-state index in [2.05, 4.69) is 38.1 Å². The number of allylic oxidation sites excluding steroid dienone is 4. The lowest BCUT2D eigenvalue weighted by Crippen LogP contribution is -2.32. The number of methoxy groups -OCH3 is 1. The predicted molar refractivity (Wildman–Crippen MR) is 87.8 cm³/mol. The number of ether oxygens (including phenoxy) is 1. The van der Waals surface area contributed by atoms with Crippen LogP contribution >= 0.6 is 0 Å². The molecule has 0 aromatic heterocycles. The minimum Gasteiger partial charge on any atom is -0.497 e. The Labute approximate surface area is 131 Å². The number of fused-ring (bicyclic) bond motifs is 4. The number of hydrogen-bond donors (Lipinski definition) is 0. The number of rotatable bonds is 1. The summed E-state index contributed by atoms with van der Waals surface area (Å²) in [5.41, 5.74) is 6.78. The van der Waals surface area contributed by atoms with Crippen molar-refractivity contribution >= 4 is 11.4 Å². The Hall–Kier alpha value is -1.83. The molecule has 0 saturated heterocycles. The van der Waals surface area contributed by atoms with Crippen LogP contribution in [-0.4, -0.2) is 12.9 Å². The van der Waals surface area contributed by atoms with Gasteiger partial charge in [-0.15, -0.1) is 0 Å². The summed E-state index contributed by atoms with van der Waals surface area (Å²) in [7, 11) is 1.72. The second-order valence-electron chi connectivity index (χ2n) is 7.10. The fourth-order valence-electron chi connectivity index (χ4n) is 4.58. The molecule has 0 amide bonds. The molecule has 0 saturated carbocycles. The maximum Gasteiger partial charge on any atom is 0.146 e. The van der Waals surface area contributed by atoms with E-state index in [9.17, 15) is 4.79 Å². The van der Waals surface area contributed by atoms with E-state index in [4.69, 9.17) is 4.74 Å². The lowest BCUT2D eigenvalue weighted by molar-refractivity contribution is -0.124. The molecule has 0 spiro atoms. The summed E-state index contributed by atoms with van der Waals surface area (Å²) in [6.45, 7) is 4.45. The van der Waals surface area contributed by atoms with Crippen molar-refractivity contribution in [1.82, 2.24) is 0 Å². The Morgan fingerprint density at radius 2 is 2.14 bits per heavy atom. The van der Waals surface area contributed by atoms with Gasteiger partial charge in [0.05, 0.1) is 12.5 Å². The van der Waals surface area contributed by atoms with E-state index in [0.29, 0.717) is 18.1 Å². The molecule has 0 aliphatic heterocycles. The smallest absolute Gasteiger partial charge is 0.146 e. The molecule has 0 heterocycles. The van der Waals surface area contributed by atoms with E-state index in [1.807, 2.05) is 0 Å². The van der Waals surface area contributed by atoms with Gasteiger partial charge in [-0.2, -0.15) is 0 Å². The minimum atomic E-state index is -0.225. The quantitative estimate of drug-likeness (QED) is 0.770. The van der Waals surface area contributed by atoms with E-state index >= 15 is 0 Å². The van der Waals surface area contributed by atoms with Gasteiger partial charge in [-0.05, 0) is 72.1 Å². The van der Waals surface area contributed by atoms with Crippen LogP contribution in [0.1, 0.15) is 44.2 Å². The van der Waals surface area contributed by atoms with Crippen LogP contribution < -0.4 is 4.74 Å². The zero-order valence-electron chi connectivity index (χ0n) is 13.5. The van der Waals surface area contributed by atoms with Crippen LogP contribution in [0.3, 0.4) is 0 Å². The summed E-state index contributed by atoms with van der Waals surface area (Å²) in [4.78, 5) is 12.3. The lowest BCUT2D eigenvalue weighted by atomic mass is 9.63. The van der Waals surface area contributed by atoms with Crippen LogP contribution in [0.5, 0.6) is 5.75 Å². The first-order valence-corrected chi connectivity index (χ1v) is 8.19. The molecular formula is C20H22O2. The summed E-state index contributed by atoms with van der Waals surface area (Å²) in [5, 5.41) is 0. The maximum absolute atomic E-state index is 12.3. The van der Waals surface area contributed by atoms with Crippen LogP contribution in [0.15, 0.2) is 35.4 Å². The average Bonchev–Trinajstić information content (AvgIpc) is 2.82. The fourth-order valence-corrected chi connectivity index (χ4v) is 4.58. The van der Waals surface area contributed by atoms with Gasteiger partial charge >= 0.3 is 0 Å². The van der Waals surface area contributed by atoms with E-state index in [1.54, 1.807) is 7.11 Å². The summed E-state index contributed by atoms with van der Waals surface area (Å²) in [6.07, 6.45) is 5.81. The highest BCUT2D eigenvalue weighted by molar-refractivity contribution is 5.96. The van der Waals surface area contributed by atoms with Gasteiger partial charge in [0.15, 0.2) is 0 Å². The summed E-state index contributed by atoms with van der Waals surface area (Å²) in [6, 6.07) is 6.44. The van der Waals surface area contributed by atoms with Crippen molar-refractivity contribution in [2.45, 2.75) is 39.5 Å². The van der Waals surface area contributed by atoms with Crippen molar-refractivity contribution in [2.75, 3.05) is 7.11 Å². The highest BCUT2D eigenvalue weighted by atomic mass is 16.5. The predicted octanol–water partition coefficient (Wildman–Crippen LogP) is 4.34. The van der Waals surface area contributed by atoms with Gasteiger partial charge in [0.2, 0.25) is 0 Å². The van der Waals surface area contributed by atoms with E-state index in [-0.39, 0.29) is 5.41 Å².